The molecular weight excluding hydrogens is 308 g/mol. The summed E-state index contributed by atoms with van der Waals surface area (Å²) in [6.45, 7) is 4.55. The first-order chi connectivity index (χ1) is 9.77. The molecule has 0 aliphatic rings. The van der Waals surface area contributed by atoms with Gasteiger partial charge in [-0.15, -0.1) is 0 Å². The van der Waals surface area contributed by atoms with Crippen LogP contribution < -0.4 is 0 Å². The Morgan fingerprint density at radius 3 is 1.15 bits per heavy atom. The Hall–Kier alpha value is 0.480. The highest BCUT2D eigenvalue weighted by Crippen LogP contribution is 2.15. The molecule has 0 radical (unpaired) electrons. The lowest BCUT2D eigenvalue weighted by molar-refractivity contribution is 0.529. The van der Waals surface area contributed by atoms with Gasteiger partial charge in [0, 0.05) is 4.83 Å². The largest absolute Gasteiger partial charge is 0.0894 e. The van der Waals surface area contributed by atoms with E-state index in [1.807, 2.05) is 0 Å². The SMILES string of the molecule is CCCCCCCCCCCCCCCCCC(C)Br. The molecule has 1 atom stereocenters. The Bertz CT molecular complexity index is 165. The fourth-order valence-corrected chi connectivity index (χ4v) is 3.12. The third-order valence-corrected chi connectivity index (χ3v) is 4.66. The van der Waals surface area contributed by atoms with E-state index in [9.17, 15) is 0 Å². The zero-order valence-electron chi connectivity index (χ0n) is 14.3. The van der Waals surface area contributed by atoms with Crippen molar-refractivity contribution in [2.45, 2.75) is 121 Å². The van der Waals surface area contributed by atoms with Gasteiger partial charge in [-0.25, -0.2) is 0 Å². The fraction of sp³-hybridized carbons (Fsp3) is 1.00. The molecule has 0 aromatic carbocycles. The van der Waals surface area contributed by atoms with Crippen LogP contribution >= 0.6 is 15.9 Å². The smallest absolute Gasteiger partial charge is 0.0117 e. The minimum Gasteiger partial charge on any atom is -0.0894 e. The average molecular weight is 347 g/mol. The number of unbranched alkanes of at least 4 members (excludes halogenated alkanes) is 14. The predicted molar refractivity (Wildman–Crippen MR) is 97.9 cm³/mol. The molecule has 0 saturated carbocycles. The van der Waals surface area contributed by atoms with Crippen LogP contribution in [0.25, 0.3) is 0 Å². The van der Waals surface area contributed by atoms with Crippen molar-refractivity contribution in [3.63, 3.8) is 0 Å². The number of hydrogen-bond acceptors (Lipinski definition) is 0. The Balaban J connectivity index is 2.92. The second-order valence-electron chi connectivity index (χ2n) is 6.52. The molecular formula is C19H39Br. The lowest BCUT2D eigenvalue weighted by atomic mass is 10.0. The van der Waals surface area contributed by atoms with Crippen molar-refractivity contribution in [3.8, 4) is 0 Å². The Kier molecular flexibility index (Phi) is 18.0. The summed E-state index contributed by atoms with van der Waals surface area (Å²) in [7, 11) is 0. The summed E-state index contributed by atoms with van der Waals surface area (Å²) < 4.78 is 0. The van der Waals surface area contributed by atoms with Crippen LogP contribution in [0.1, 0.15) is 117 Å². The highest BCUT2D eigenvalue weighted by molar-refractivity contribution is 9.09. The summed E-state index contributed by atoms with van der Waals surface area (Å²) >= 11 is 3.62. The third kappa shape index (κ3) is 18.5. The van der Waals surface area contributed by atoms with Crippen molar-refractivity contribution in [1.29, 1.82) is 0 Å². The van der Waals surface area contributed by atoms with Crippen LogP contribution in [0, 0.1) is 0 Å². The normalized spacial score (nSPS) is 12.8. The molecule has 0 heterocycles. The van der Waals surface area contributed by atoms with E-state index in [-0.39, 0.29) is 0 Å². The summed E-state index contributed by atoms with van der Waals surface area (Å²) in [6, 6.07) is 0. The molecule has 1 heteroatoms. The summed E-state index contributed by atoms with van der Waals surface area (Å²) in [6.07, 6.45) is 23.2. The zero-order chi connectivity index (χ0) is 14.9. The zero-order valence-corrected chi connectivity index (χ0v) is 15.9. The molecule has 122 valence electrons. The second-order valence-corrected chi connectivity index (χ2v) is 8.08. The Morgan fingerprint density at radius 1 is 0.550 bits per heavy atom. The van der Waals surface area contributed by atoms with Gasteiger partial charge in [-0.2, -0.15) is 0 Å². The Labute approximate surface area is 137 Å². The van der Waals surface area contributed by atoms with E-state index < -0.39 is 0 Å². The molecule has 0 bridgehead atoms. The lowest BCUT2D eigenvalue weighted by Gasteiger charge is -2.04. The molecule has 0 rings (SSSR count). The van der Waals surface area contributed by atoms with E-state index >= 15 is 0 Å². The number of alkyl halides is 1. The van der Waals surface area contributed by atoms with Gasteiger partial charge in [-0.05, 0) is 6.42 Å². The maximum absolute atomic E-state index is 3.62. The van der Waals surface area contributed by atoms with Crippen LogP contribution in [0.5, 0.6) is 0 Å². The van der Waals surface area contributed by atoms with Crippen LogP contribution in [0.4, 0.5) is 0 Å². The van der Waals surface area contributed by atoms with Gasteiger partial charge in [0.2, 0.25) is 0 Å². The van der Waals surface area contributed by atoms with Crippen molar-refractivity contribution in [1.82, 2.24) is 0 Å². The monoisotopic (exact) mass is 346 g/mol. The van der Waals surface area contributed by atoms with E-state index in [4.69, 9.17) is 0 Å². The third-order valence-electron chi connectivity index (χ3n) is 4.21. The highest BCUT2D eigenvalue weighted by Gasteiger charge is 1.96. The molecule has 0 fully saturated rings. The van der Waals surface area contributed by atoms with Crippen molar-refractivity contribution < 1.29 is 0 Å². The van der Waals surface area contributed by atoms with Crippen molar-refractivity contribution in [3.05, 3.63) is 0 Å². The molecule has 1 unspecified atom stereocenters. The molecule has 0 aliphatic carbocycles. The molecule has 0 aromatic heterocycles. The van der Waals surface area contributed by atoms with E-state index in [2.05, 4.69) is 29.8 Å². The molecule has 0 aromatic rings. The van der Waals surface area contributed by atoms with Gasteiger partial charge in [0.25, 0.3) is 0 Å². The van der Waals surface area contributed by atoms with Crippen molar-refractivity contribution in [2.24, 2.45) is 0 Å². The minimum atomic E-state index is 0.712. The van der Waals surface area contributed by atoms with Gasteiger partial charge < -0.3 is 0 Å². The summed E-state index contributed by atoms with van der Waals surface area (Å²) in [5.41, 5.74) is 0. The first-order valence-corrected chi connectivity index (χ1v) is 10.3. The van der Waals surface area contributed by atoms with Crippen LogP contribution in [0.3, 0.4) is 0 Å². The fourth-order valence-electron chi connectivity index (χ4n) is 2.80. The molecule has 0 amide bonds. The standard InChI is InChI=1S/C19H39Br/c1-3-4-5-6-7-8-9-10-11-12-13-14-15-16-17-18-19(2)20/h19H,3-18H2,1-2H3. The van der Waals surface area contributed by atoms with Gasteiger partial charge in [-0.3, -0.25) is 0 Å². The van der Waals surface area contributed by atoms with Crippen LogP contribution in [-0.4, -0.2) is 4.83 Å². The minimum absolute atomic E-state index is 0.712. The number of hydrogen-bond donors (Lipinski definition) is 0. The molecule has 0 aliphatic heterocycles. The molecule has 0 N–H and O–H groups in total. The van der Waals surface area contributed by atoms with E-state index in [0.29, 0.717) is 4.83 Å². The summed E-state index contributed by atoms with van der Waals surface area (Å²) in [4.78, 5) is 0.712. The van der Waals surface area contributed by atoms with Crippen LogP contribution in [0.2, 0.25) is 0 Å². The number of halogens is 1. The van der Waals surface area contributed by atoms with Crippen LogP contribution in [-0.2, 0) is 0 Å². The maximum atomic E-state index is 3.62. The molecule has 0 spiro atoms. The van der Waals surface area contributed by atoms with Gasteiger partial charge >= 0.3 is 0 Å². The van der Waals surface area contributed by atoms with E-state index in [1.54, 1.807) is 0 Å². The van der Waals surface area contributed by atoms with E-state index in [1.165, 1.54) is 103 Å². The van der Waals surface area contributed by atoms with Gasteiger partial charge in [-0.1, -0.05) is 126 Å². The molecule has 0 saturated heterocycles. The van der Waals surface area contributed by atoms with Crippen LogP contribution in [0.15, 0.2) is 0 Å². The lowest BCUT2D eigenvalue weighted by Crippen LogP contribution is -1.89. The molecule has 20 heavy (non-hydrogen) atoms. The topological polar surface area (TPSA) is 0 Å². The van der Waals surface area contributed by atoms with Gasteiger partial charge in [0.15, 0.2) is 0 Å². The maximum Gasteiger partial charge on any atom is 0.0117 e. The van der Waals surface area contributed by atoms with Crippen molar-refractivity contribution >= 4 is 15.9 Å². The van der Waals surface area contributed by atoms with Gasteiger partial charge in [0.05, 0.1) is 0 Å². The predicted octanol–water partition coefficient (Wildman–Crippen LogP) is 8.03. The summed E-state index contributed by atoms with van der Waals surface area (Å²) in [5.74, 6) is 0. The second kappa shape index (κ2) is 17.5. The first-order valence-electron chi connectivity index (χ1n) is 9.41. The van der Waals surface area contributed by atoms with E-state index in [0.717, 1.165) is 0 Å². The first kappa shape index (κ1) is 20.5. The van der Waals surface area contributed by atoms with Gasteiger partial charge in [0.1, 0.15) is 0 Å². The molecule has 0 nitrogen and oxygen atoms in total. The highest BCUT2D eigenvalue weighted by atomic mass is 79.9. The Morgan fingerprint density at radius 2 is 0.850 bits per heavy atom. The number of rotatable bonds is 16. The quantitative estimate of drug-likeness (QED) is 0.196. The summed E-state index contributed by atoms with van der Waals surface area (Å²) in [5, 5.41) is 0. The van der Waals surface area contributed by atoms with Crippen molar-refractivity contribution in [2.75, 3.05) is 0 Å². The average Bonchev–Trinajstić information content (AvgIpc) is 2.43.